The molecular formula is C23H17N3O3. The third kappa shape index (κ3) is 3.68. The van der Waals surface area contributed by atoms with Crippen molar-refractivity contribution >= 4 is 28.7 Å². The lowest BCUT2D eigenvalue weighted by Gasteiger charge is -2.11. The molecule has 29 heavy (non-hydrogen) atoms. The van der Waals surface area contributed by atoms with Crippen LogP contribution in [0.3, 0.4) is 0 Å². The summed E-state index contributed by atoms with van der Waals surface area (Å²) in [4.78, 5) is 28.4. The number of aromatic nitrogens is 2. The molecule has 0 radical (unpaired) electrons. The Labute approximate surface area is 166 Å². The number of para-hydroxylation sites is 1. The van der Waals surface area contributed by atoms with Crippen LogP contribution in [0.25, 0.3) is 28.7 Å². The van der Waals surface area contributed by atoms with Gasteiger partial charge in [-0.2, -0.15) is 0 Å². The van der Waals surface area contributed by atoms with E-state index in [4.69, 9.17) is 0 Å². The first-order valence-electron chi connectivity index (χ1n) is 9.04. The average Bonchev–Trinajstić information content (AvgIpc) is 2.73. The standard InChI is InChI=1S/C23H17N3O3/c1-16-9-12-18(13-10-16)25-22(24-21-8-3-2-7-20(21)23(25)27)14-11-17-5-4-6-19(15-17)26(28)29/h2-15H,1H3/b14-11-. The van der Waals surface area contributed by atoms with Gasteiger partial charge in [0.1, 0.15) is 5.82 Å². The van der Waals surface area contributed by atoms with Gasteiger partial charge in [-0.05, 0) is 42.8 Å². The summed E-state index contributed by atoms with van der Waals surface area (Å²) in [5.74, 6) is 0.448. The number of benzene rings is 3. The van der Waals surface area contributed by atoms with E-state index >= 15 is 0 Å². The number of aryl methyl sites for hydroxylation is 1. The van der Waals surface area contributed by atoms with Crippen molar-refractivity contribution in [2.75, 3.05) is 0 Å². The third-order valence-corrected chi connectivity index (χ3v) is 4.60. The van der Waals surface area contributed by atoms with E-state index in [-0.39, 0.29) is 11.2 Å². The fourth-order valence-corrected chi connectivity index (χ4v) is 3.12. The van der Waals surface area contributed by atoms with Crippen LogP contribution in [0.4, 0.5) is 5.69 Å². The lowest BCUT2D eigenvalue weighted by Crippen LogP contribution is -2.22. The van der Waals surface area contributed by atoms with Crippen molar-refractivity contribution in [3.05, 3.63) is 110 Å². The quantitative estimate of drug-likeness (QED) is 0.375. The van der Waals surface area contributed by atoms with E-state index in [1.807, 2.05) is 43.3 Å². The minimum absolute atomic E-state index is 0.00884. The number of fused-ring (bicyclic) bond motifs is 1. The molecule has 142 valence electrons. The lowest BCUT2D eigenvalue weighted by molar-refractivity contribution is -0.384. The summed E-state index contributed by atoms with van der Waals surface area (Å²) in [5.41, 5.74) is 2.88. The Hall–Kier alpha value is -4.06. The van der Waals surface area contributed by atoms with Crippen molar-refractivity contribution in [2.24, 2.45) is 0 Å². The Morgan fingerprint density at radius 1 is 0.966 bits per heavy atom. The zero-order chi connectivity index (χ0) is 20.4. The van der Waals surface area contributed by atoms with Crippen LogP contribution in [-0.2, 0) is 0 Å². The van der Waals surface area contributed by atoms with Crippen LogP contribution in [0, 0.1) is 17.0 Å². The first kappa shape index (κ1) is 18.3. The van der Waals surface area contributed by atoms with Gasteiger partial charge in [0.25, 0.3) is 11.2 Å². The second-order valence-electron chi connectivity index (χ2n) is 6.65. The van der Waals surface area contributed by atoms with Gasteiger partial charge in [-0.3, -0.25) is 19.5 Å². The molecule has 0 atom stereocenters. The molecule has 6 nitrogen and oxygen atoms in total. The van der Waals surface area contributed by atoms with E-state index in [2.05, 4.69) is 4.98 Å². The van der Waals surface area contributed by atoms with Gasteiger partial charge >= 0.3 is 0 Å². The predicted octanol–water partition coefficient (Wildman–Crippen LogP) is 4.77. The van der Waals surface area contributed by atoms with Crippen LogP contribution < -0.4 is 5.56 Å². The lowest BCUT2D eigenvalue weighted by atomic mass is 10.1. The summed E-state index contributed by atoms with van der Waals surface area (Å²) < 4.78 is 1.55. The molecule has 6 heteroatoms. The molecular weight excluding hydrogens is 366 g/mol. The number of nitro benzene ring substituents is 1. The Morgan fingerprint density at radius 2 is 1.72 bits per heavy atom. The van der Waals surface area contributed by atoms with E-state index < -0.39 is 4.92 Å². The molecule has 0 unspecified atom stereocenters. The van der Waals surface area contributed by atoms with Crippen LogP contribution in [0.5, 0.6) is 0 Å². The zero-order valence-electron chi connectivity index (χ0n) is 15.6. The van der Waals surface area contributed by atoms with Gasteiger partial charge in [0.05, 0.1) is 21.5 Å². The molecule has 0 bridgehead atoms. The molecule has 4 rings (SSSR count). The highest BCUT2D eigenvalue weighted by Crippen LogP contribution is 2.18. The zero-order valence-corrected chi connectivity index (χ0v) is 15.6. The van der Waals surface area contributed by atoms with Gasteiger partial charge in [0.2, 0.25) is 0 Å². The second kappa shape index (κ2) is 7.52. The Bertz CT molecular complexity index is 1310. The molecule has 0 saturated carbocycles. The first-order valence-corrected chi connectivity index (χ1v) is 9.04. The first-order chi connectivity index (χ1) is 14.0. The summed E-state index contributed by atoms with van der Waals surface area (Å²) in [6, 6.07) is 21.1. The van der Waals surface area contributed by atoms with Crippen molar-refractivity contribution in [1.29, 1.82) is 0 Å². The molecule has 0 aliphatic rings. The Kier molecular flexibility index (Phi) is 4.75. The van der Waals surface area contributed by atoms with E-state index in [9.17, 15) is 14.9 Å². The minimum Gasteiger partial charge on any atom is -0.268 e. The summed E-state index contributed by atoms with van der Waals surface area (Å²) in [6.07, 6.45) is 3.42. The van der Waals surface area contributed by atoms with Gasteiger partial charge in [0.15, 0.2) is 0 Å². The molecule has 0 fully saturated rings. The predicted molar refractivity (Wildman–Crippen MR) is 114 cm³/mol. The number of nitrogens with zero attached hydrogens (tertiary/aromatic N) is 3. The number of hydrogen-bond acceptors (Lipinski definition) is 4. The highest BCUT2D eigenvalue weighted by molar-refractivity contribution is 5.80. The molecule has 0 aliphatic heterocycles. The second-order valence-corrected chi connectivity index (χ2v) is 6.65. The summed E-state index contributed by atoms with van der Waals surface area (Å²) in [6.45, 7) is 1.98. The van der Waals surface area contributed by atoms with Crippen molar-refractivity contribution in [1.82, 2.24) is 9.55 Å². The Balaban J connectivity index is 1.90. The highest BCUT2D eigenvalue weighted by atomic mass is 16.6. The molecule has 1 aromatic heterocycles. The van der Waals surface area contributed by atoms with Crippen LogP contribution >= 0.6 is 0 Å². The third-order valence-electron chi connectivity index (χ3n) is 4.60. The van der Waals surface area contributed by atoms with Crippen LogP contribution in [0.1, 0.15) is 17.0 Å². The molecule has 1 heterocycles. The van der Waals surface area contributed by atoms with Crippen molar-refractivity contribution in [2.45, 2.75) is 6.92 Å². The number of nitro groups is 1. The summed E-state index contributed by atoms with van der Waals surface area (Å²) in [7, 11) is 0. The van der Waals surface area contributed by atoms with E-state index in [1.165, 1.54) is 12.1 Å². The normalized spacial score (nSPS) is 11.2. The fourth-order valence-electron chi connectivity index (χ4n) is 3.12. The maximum Gasteiger partial charge on any atom is 0.270 e. The number of rotatable bonds is 4. The largest absolute Gasteiger partial charge is 0.270 e. The van der Waals surface area contributed by atoms with Crippen LogP contribution in [-0.4, -0.2) is 14.5 Å². The molecule has 0 spiro atoms. The van der Waals surface area contributed by atoms with Gasteiger partial charge in [-0.1, -0.05) is 48.0 Å². The monoisotopic (exact) mass is 383 g/mol. The van der Waals surface area contributed by atoms with Gasteiger partial charge in [-0.15, -0.1) is 0 Å². The maximum atomic E-state index is 13.2. The van der Waals surface area contributed by atoms with Crippen molar-refractivity contribution < 1.29 is 4.92 Å². The molecule has 0 saturated heterocycles. The van der Waals surface area contributed by atoms with E-state index in [0.717, 1.165) is 5.56 Å². The van der Waals surface area contributed by atoms with Gasteiger partial charge in [-0.25, -0.2) is 4.98 Å². The summed E-state index contributed by atoms with van der Waals surface area (Å²) in [5, 5.41) is 11.5. The maximum absolute atomic E-state index is 13.2. The van der Waals surface area contributed by atoms with Crippen LogP contribution in [0.15, 0.2) is 77.6 Å². The molecule has 0 aliphatic carbocycles. The average molecular weight is 383 g/mol. The minimum atomic E-state index is -0.437. The van der Waals surface area contributed by atoms with Gasteiger partial charge in [0, 0.05) is 12.1 Å². The van der Waals surface area contributed by atoms with Crippen LogP contribution in [0.2, 0.25) is 0 Å². The topological polar surface area (TPSA) is 78.0 Å². The SMILES string of the molecule is Cc1ccc(-n2c(/C=C\c3cccc([N+](=O)[O-])c3)nc3ccccc3c2=O)cc1. The molecule has 0 N–H and O–H groups in total. The van der Waals surface area contributed by atoms with Crippen molar-refractivity contribution in [3.8, 4) is 5.69 Å². The molecule has 0 amide bonds. The van der Waals surface area contributed by atoms with E-state index in [1.54, 1.807) is 41.0 Å². The molecule has 3 aromatic carbocycles. The van der Waals surface area contributed by atoms with Gasteiger partial charge < -0.3 is 0 Å². The number of non-ortho nitro benzene ring substituents is 1. The Morgan fingerprint density at radius 3 is 2.48 bits per heavy atom. The molecule has 4 aromatic rings. The number of hydrogen-bond donors (Lipinski definition) is 0. The smallest absolute Gasteiger partial charge is 0.268 e. The van der Waals surface area contributed by atoms with E-state index in [0.29, 0.717) is 28.0 Å². The van der Waals surface area contributed by atoms with Crippen molar-refractivity contribution in [3.63, 3.8) is 0 Å². The fraction of sp³-hybridized carbons (Fsp3) is 0.0435. The summed E-state index contributed by atoms with van der Waals surface area (Å²) >= 11 is 0. The highest BCUT2D eigenvalue weighted by Gasteiger charge is 2.11.